The Morgan fingerprint density at radius 3 is 2.78 bits per heavy atom. The van der Waals surface area contributed by atoms with Gasteiger partial charge in [0.25, 0.3) is 0 Å². The molecule has 2 aliphatic heterocycles. The Labute approximate surface area is 216 Å². The molecule has 7 heteroatoms. The van der Waals surface area contributed by atoms with Gasteiger partial charge in [-0.2, -0.15) is 0 Å². The first-order chi connectivity index (χ1) is 18.1. The number of pyridine rings is 1. The van der Waals surface area contributed by atoms with Crippen LogP contribution in [0.25, 0.3) is 10.9 Å². The summed E-state index contributed by atoms with van der Waals surface area (Å²) in [5, 5.41) is 4.06. The van der Waals surface area contributed by atoms with Crippen LogP contribution < -0.4 is 15.0 Å². The molecule has 5 atom stereocenters. The molecule has 192 valence electrons. The summed E-state index contributed by atoms with van der Waals surface area (Å²) in [5.41, 5.74) is 3.97. The van der Waals surface area contributed by atoms with Gasteiger partial charge in [-0.25, -0.2) is 4.39 Å². The van der Waals surface area contributed by atoms with Crippen molar-refractivity contribution in [3.8, 4) is 5.75 Å². The highest BCUT2D eigenvalue weighted by Gasteiger charge is 2.42. The summed E-state index contributed by atoms with van der Waals surface area (Å²) in [6, 6.07) is 13.2. The fourth-order valence-corrected chi connectivity index (χ4v) is 7.37. The van der Waals surface area contributed by atoms with Crippen LogP contribution in [0.3, 0.4) is 0 Å². The average molecular weight is 502 g/mol. The number of carbonyl (C=O) groups is 1. The third kappa shape index (κ3) is 4.33. The number of halogens is 1. The van der Waals surface area contributed by atoms with Gasteiger partial charge >= 0.3 is 0 Å². The van der Waals surface area contributed by atoms with Gasteiger partial charge in [-0.05, 0) is 91.3 Å². The molecule has 2 unspecified atom stereocenters. The van der Waals surface area contributed by atoms with Crippen LogP contribution in [0.2, 0.25) is 0 Å². The monoisotopic (exact) mass is 501 g/mol. The minimum atomic E-state index is -0.207. The van der Waals surface area contributed by atoms with E-state index >= 15 is 0 Å². The molecule has 1 amide bonds. The van der Waals surface area contributed by atoms with Gasteiger partial charge in [-0.15, -0.1) is 0 Å². The predicted octanol–water partition coefficient (Wildman–Crippen LogP) is 5.52. The van der Waals surface area contributed by atoms with Crippen LogP contribution in [0.4, 0.5) is 15.8 Å². The van der Waals surface area contributed by atoms with Crippen molar-refractivity contribution < 1.29 is 18.7 Å². The maximum Gasteiger partial charge on any atom is 0.224 e. The smallest absolute Gasteiger partial charge is 0.224 e. The highest BCUT2D eigenvalue weighted by molar-refractivity contribution is 5.91. The van der Waals surface area contributed by atoms with E-state index in [0.717, 1.165) is 66.9 Å². The summed E-state index contributed by atoms with van der Waals surface area (Å²) < 4.78 is 25.5. The lowest BCUT2D eigenvalue weighted by Gasteiger charge is -2.41. The van der Waals surface area contributed by atoms with E-state index in [1.807, 2.05) is 18.3 Å². The standard InChI is InChI=1S/C30H32FN3O3/c31-22-1-3-27-26(14-22)25(5-6-32-27)21-12-19-9-18(10-20(19)13-21)11-30(35)33-23-2-4-28-29(15-23)37-17-24-16-36-8-7-34(24)28/h1-6,14-15,18-21,24H,7-13,16-17H2,(H,33,35)/t18?,19-,20+,21+,24?. The van der Waals surface area contributed by atoms with Crippen LogP contribution >= 0.6 is 0 Å². The number of nitrogens with one attached hydrogen (secondary N) is 1. The topological polar surface area (TPSA) is 63.7 Å². The number of aromatic nitrogens is 1. The van der Waals surface area contributed by atoms with Gasteiger partial charge < -0.3 is 19.7 Å². The molecule has 0 bridgehead atoms. The van der Waals surface area contributed by atoms with E-state index in [9.17, 15) is 9.18 Å². The molecule has 2 aromatic carbocycles. The zero-order valence-corrected chi connectivity index (χ0v) is 20.9. The number of rotatable bonds is 4. The van der Waals surface area contributed by atoms with Crippen molar-refractivity contribution in [2.75, 3.05) is 36.6 Å². The quantitative estimate of drug-likeness (QED) is 0.510. The number of fused-ring (bicyclic) bond motifs is 5. The lowest BCUT2D eigenvalue weighted by atomic mass is 9.89. The van der Waals surface area contributed by atoms with Crippen molar-refractivity contribution in [1.29, 1.82) is 0 Å². The summed E-state index contributed by atoms with van der Waals surface area (Å²) in [7, 11) is 0. The fourth-order valence-electron chi connectivity index (χ4n) is 7.37. The molecular weight excluding hydrogens is 469 g/mol. The first-order valence-electron chi connectivity index (χ1n) is 13.6. The molecule has 0 spiro atoms. The molecule has 1 saturated heterocycles. The lowest BCUT2D eigenvalue weighted by Crippen LogP contribution is -2.51. The van der Waals surface area contributed by atoms with Crippen LogP contribution in [0.15, 0.2) is 48.7 Å². The van der Waals surface area contributed by atoms with Gasteiger partial charge in [0.2, 0.25) is 5.91 Å². The van der Waals surface area contributed by atoms with E-state index in [2.05, 4.69) is 27.3 Å². The van der Waals surface area contributed by atoms with Crippen molar-refractivity contribution in [2.24, 2.45) is 17.8 Å². The Bertz CT molecular complexity index is 1330. The summed E-state index contributed by atoms with van der Waals surface area (Å²) in [5.74, 6) is 2.85. The van der Waals surface area contributed by atoms with Crippen molar-refractivity contribution in [3.05, 3.63) is 60.0 Å². The van der Waals surface area contributed by atoms with E-state index in [-0.39, 0.29) is 17.8 Å². The van der Waals surface area contributed by atoms with Gasteiger partial charge in [0.1, 0.15) is 18.2 Å². The van der Waals surface area contributed by atoms with Gasteiger partial charge in [-0.1, -0.05) is 0 Å². The van der Waals surface area contributed by atoms with E-state index in [1.54, 1.807) is 12.1 Å². The molecule has 3 heterocycles. The maximum atomic E-state index is 13.9. The predicted molar refractivity (Wildman–Crippen MR) is 141 cm³/mol. The molecule has 4 aliphatic rings. The fraction of sp³-hybridized carbons (Fsp3) is 0.467. The van der Waals surface area contributed by atoms with E-state index in [4.69, 9.17) is 9.47 Å². The van der Waals surface area contributed by atoms with Crippen molar-refractivity contribution in [1.82, 2.24) is 4.98 Å². The first kappa shape index (κ1) is 23.0. The summed E-state index contributed by atoms with van der Waals surface area (Å²) >= 11 is 0. The third-order valence-electron chi connectivity index (χ3n) is 8.98. The second kappa shape index (κ2) is 9.28. The highest BCUT2D eigenvalue weighted by atomic mass is 19.1. The second-order valence-electron chi connectivity index (χ2n) is 11.3. The largest absolute Gasteiger partial charge is 0.489 e. The number of amides is 1. The number of ether oxygens (including phenoxy) is 2. The molecular formula is C30H32FN3O3. The normalized spacial score (nSPS) is 28.4. The maximum absolute atomic E-state index is 13.9. The van der Waals surface area contributed by atoms with Crippen LogP contribution in [-0.4, -0.2) is 43.3 Å². The van der Waals surface area contributed by atoms with Crippen LogP contribution in [0.5, 0.6) is 5.75 Å². The van der Waals surface area contributed by atoms with E-state index < -0.39 is 0 Å². The number of carbonyl (C=O) groups excluding carboxylic acids is 1. The molecule has 2 aliphatic carbocycles. The zero-order valence-electron chi connectivity index (χ0n) is 20.9. The minimum absolute atomic E-state index is 0.0807. The van der Waals surface area contributed by atoms with Gasteiger partial charge in [0.05, 0.1) is 30.5 Å². The van der Waals surface area contributed by atoms with Crippen LogP contribution in [0.1, 0.15) is 43.6 Å². The Hall–Kier alpha value is -3.19. The summed E-state index contributed by atoms with van der Waals surface area (Å²) in [6.07, 6.45) is 6.83. The van der Waals surface area contributed by atoms with Crippen molar-refractivity contribution in [2.45, 2.75) is 44.1 Å². The minimum Gasteiger partial charge on any atom is -0.489 e. The summed E-state index contributed by atoms with van der Waals surface area (Å²) in [4.78, 5) is 19.7. The molecule has 7 rings (SSSR count). The van der Waals surface area contributed by atoms with Gasteiger partial charge in [-0.3, -0.25) is 9.78 Å². The number of hydrogen-bond donors (Lipinski definition) is 1. The Morgan fingerprint density at radius 2 is 1.92 bits per heavy atom. The van der Waals surface area contributed by atoms with Crippen LogP contribution in [-0.2, 0) is 9.53 Å². The number of morpholine rings is 1. The zero-order chi connectivity index (χ0) is 24.9. The second-order valence-corrected chi connectivity index (χ2v) is 11.3. The molecule has 2 saturated carbocycles. The lowest BCUT2D eigenvalue weighted by molar-refractivity contribution is -0.117. The first-order valence-corrected chi connectivity index (χ1v) is 13.6. The molecule has 0 radical (unpaired) electrons. The van der Waals surface area contributed by atoms with Crippen molar-refractivity contribution >= 4 is 28.2 Å². The number of anilines is 2. The Kier molecular flexibility index (Phi) is 5.76. The molecule has 6 nitrogen and oxygen atoms in total. The van der Waals surface area contributed by atoms with Crippen LogP contribution in [0, 0.1) is 23.6 Å². The van der Waals surface area contributed by atoms with Gasteiger partial charge in [0, 0.05) is 36.3 Å². The third-order valence-corrected chi connectivity index (χ3v) is 8.98. The molecule has 3 aromatic rings. The molecule has 1 aromatic heterocycles. The highest BCUT2D eigenvalue weighted by Crippen LogP contribution is 2.54. The Morgan fingerprint density at radius 1 is 1.05 bits per heavy atom. The van der Waals surface area contributed by atoms with E-state index in [1.165, 1.54) is 11.6 Å². The molecule has 37 heavy (non-hydrogen) atoms. The van der Waals surface area contributed by atoms with Crippen molar-refractivity contribution in [3.63, 3.8) is 0 Å². The summed E-state index contributed by atoms with van der Waals surface area (Å²) in [6.45, 7) is 2.91. The molecule has 1 N–H and O–H groups in total. The Balaban J connectivity index is 0.964. The number of hydrogen-bond acceptors (Lipinski definition) is 5. The SMILES string of the molecule is O=C(CC1C[C@@H]2C[C@H](c3ccnc4ccc(F)cc34)C[C@@H]2C1)Nc1ccc2c(c1)OCC1COCCN21. The van der Waals surface area contributed by atoms with Gasteiger partial charge in [0.15, 0.2) is 0 Å². The molecule has 3 fully saturated rings. The van der Waals surface area contributed by atoms with E-state index in [0.29, 0.717) is 43.3 Å². The number of benzene rings is 2. The number of nitrogens with zero attached hydrogens (tertiary/aromatic N) is 2. The average Bonchev–Trinajstić information content (AvgIpc) is 3.46.